The summed E-state index contributed by atoms with van der Waals surface area (Å²) in [6, 6.07) is 0.472. The second-order valence-corrected chi connectivity index (χ2v) is 6.62. The minimum Gasteiger partial charge on any atom is -0.481 e. The van der Waals surface area contributed by atoms with E-state index in [4.69, 9.17) is 9.47 Å². The first kappa shape index (κ1) is 17.2. The Balaban J connectivity index is 1.89. The van der Waals surface area contributed by atoms with Crippen LogP contribution in [0.5, 0.6) is 0 Å². The molecule has 1 heterocycles. The van der Waals surface area contributed by atoms with E-state index in [1.165, 1.54) is 6.92 Å². The number of carboxylic acid groups (broad SMARTS) is 1. The van der Waals surface area contributed by atoms with Gasteiger partial charge in [0.15, 0.2) is 0 Å². The van der Waals surface area contributed by atoms with Crippen LogP contribution >= 0.6 is 0 Å². The second kappa shape index (κ2) is 7.42. The van der Waals surface area contributed by atoms with Crippen LogP contribution in [0.1, 0.15) is 46.0 Å². The van der Waals surface area contributed by atoms with Crippen molar-refractivity contribution >= 4 is 11.9 Å². The quantitative estimate of drug-likeness (QED) is 0.724. The summed E-state index contributed by atoms with van der Waals surface area (Å²) >= 11 is 0. The molecule has 2 aliphatic rings. The van der Waals surface area contributed by atoms with Crippen LogP contribution in [0.25, 0.3) is 0 Å². The average Bonchev–Trinajstić information content (AvgIpc) is 2.91. The number of carboxylic acids is 1. The molecule has 0 aromatic rings. The summed E-state index contributed by atoms with van der Waals surface area (Å²) in [7, 11) is 0. The number of hydrogen-bond donors (Lipinski definition) is 2. The molecule has 1 aliphatic carbocycles. The molecule has 2 unspecified atom stereocenters. The van der Waals surface area contributed by atoms with Crippen LogP contribution < -0.4 is 5.32 Å². The lowest BCUT2D eigenvalue weighted by atomic mass is 9.80. The standard InChI is InChI=1S/C16H27NO5/c1-11(22-12(2)18)16(15(19)20)6-3-13(9-16)10-17-14-4-7-21-8-5-14/h11,13-14,17H,3-10H2,1-2H3,(H,19,20)/t11?,13?,16-/m0/s1. The molecule has 2 fully saturated rings. The van der Waals surface area contributed by atoms with Crippen LogP contribution in [-0.2, 0) is 19.1 Å². The predicted octanol–water partition coefficient (Wildman–Crippen LogP) is 1.58. The van der Waals surface area contributed by atoms with Crippen LogP contribution in [-0.4, -0.2) is 48.9 Å². The summed E-state index contributed by atoms with van der Waals surface area (Å²) in [5.41, 5.74) is -0.937. The molecule has 126 valence electrons. The highest BCUT2D eigenvalue weighted by molar-refractivity contribution is 5.76. The third-order valence-electron chi connectivity index (χ3n) is 5.11. The lowest BCUT2D eigenvalue weighted by Gasteiger charge is -2.31. The maximum atomic E-state index is 11.8. The Hall–Kier alpha value is -1.14. The van der Waals surface area contributed by atoms with Crippen molar-refractivity contribution in [3.8, 4) is 0 Å². The van der Waals surface area contributed by atoms with E-state index in [-0.39, 0.29) is 0 Å². The fraction of sp³-hybridized carbons (Fsp3) is 0.875. The van der Waals surface area contributed by atoms with Crippen molar-refractivity contribution in [2.45, 2.75) is 58.1 Å². The molecule has 2 N–H and O–H groups in total. The number of rotatable bonds is 6. The summed E-state index contributed by atoms with van der Waals surface area (Å²) in [5.74, 6) is -0.955. The lowest BCUT2D eigenvalue weighted by Crippen LogP contribution is -2.42. The first-order valence-corrected chi connectivity index (χ1v) is 8.16. The highest BCUT2D eigenvalue weighted by Crippen LogP contribution is 2.45. The number of carbonyl (C=O) groups excluding carboxylic acids is 1. The molecule has 0 bridgehead atoms. The third-order valence-corrected chi connectivity index (χ3v) is 5.11. The number of esters is 1. The van der Waals surface area contributed by atoms with Gasteiger partial charge >= 0.3 is 11.9 Å². The lowest BCUT2D eigenvalue weighted by molar-refractivity contribution is -0.166. The molecule has 0 spiro atoms. The van der Waals surface area contributed by atoms with Crippen LogP contribution in [0.2, 0.25) is 0 Å². The third kappa shape index (κ3) is 3.98. The topological polar surface area (TPSA) is 84.9 Å². The Bertz CT molecular complexity index is 407. The Morgan fingerprint density at radius 3 is 2.64 bits per heavy atom. The van der Waals surface area contributed by atoms with Crippen LogP contribution in [0.4, 0.5) is 0 Å². The van der Waals surface area contributed by atoms with Gasteiger partial charge in [0.25, 0.3) is 0 Å². The van der Waals surface area contributed by atoms with Crippen molar-refractivity contribution in [2.75, 3.05) is 19.8 Å². The highest BCUT2D eigenvalue weighted by Gasteiger charge is 2.51. The molecule has 1 aliphatic heterocycles. The first-order valence-electron chi connectivity index (χ1n) is 8.16. The van der Waals surface area contributed by atoms with Gasteiger partial charge in [-0.05, 0) is 51.5 Å². The van der Waals surface area contributed by atoms with Crippen molar-refractivity contribution in [1.29, 1.82) is 0 Å². The zero-order valence-corrected chi connectivity index (χ0v) is 13.5. The number of ether oxygens (including phenoxy) is 2. The smallest absolute Gasteiger partial charge is 0.313 e. The van der Waals surface area contributed by atoms with Gasteiger partial charge in [0.2, 0.25) is 0 Å². The van der Waals surface area contributed by atoms with Gasteiger partial charge in [0, 0.05) is 26.2 Å². The fourth-order valence-corrected chi connectivity index (χ4v) is 3.69. The van der Waals surface area contributed by atoms with Crippen molar-refractivity contribution < 1.29 is 24.2 Å². The summed E-state index contributed by atoms with van der Waals surface area (Å²) in [5, 5.41) is 13.2. The van der Waals surface area contributed by atoms with Gasteiger partial charge in [-0.2, -0.15) is 0 Å². The maximum Gasteiger partial charge on any atom is 0.313 e. The van der Waals surface area contributed by atoms with Gasteiger partial charge in [-0.3, -0.25) is 9.59 Å². The van der Waals surface area contributed by atoms with E-state index in [0.29, 0.717) is 24.8 Å². The van der Waals surface area contributed by atoms with Gasteiger partial charge in [0.05, 0.1) is 0 Å². The van der Waals surface area contributed by atoms with E-state index in [9.17, 15) is 14.7 Å². The molecular weight excluding hydrogens is 286 g/mol. The van der Waals surface area contributed by atoms with Gasteiger partial charge < -0.3 is 19.9 Å². The fourth-order valence-electron chi connectivity index (χ4n) is 3.69. The first-order chi connectivity index (χ1) is 10.4. The minimum atomic E-state index is -0.937. The van der Waals surface area contributed by atoms with Gasteiger partial charge in [-0.1, -0.05) is 0 Å². The molecule has 1 saturated heterocycles. The second-order valence-electron chi connectivity index (χ2n) is 6.62. The largest absolute Gasteiger partial charge is 0.481 e. The summed E-state index contributed by atoms with van der Waals surface area (Å²) in [6.07, 6.45) is 3.43. The molecule has 22 heavy (non-hydrogen) atoms. The Labute approximate surface area is 131 Å². The molecule has 0 radical (unpaired) electrons. The molecule has 6 nitrogen and oxygen atoms in total. The Kier molecular flexibility index (Phi) is 5.81. The summed E-state index contributed by atoms with van der Waals surface area (Å²) < 4.78 is 10.5. The summed E-state index contributed by atoms with van der Waals surface area (Å²) in [6.45, 7) is 5.44. The zero-order chi connectivity index (χ0) is 16.2. The van der Waals surface area contributed by atoms with Gasteiger partial charge in [0.1, 0.15) is 11.5 Å². The molecule has 0 aromatic carbocycles. The van der Waals surface area contributed by atoms with E-state index >= 15 is 0 Å². The van der Waals surface area contributed by atoms with Crippen molar-refractivity contribution in [2.24, 2.45) is 11.3 Å². The molecule has 1 saturated carbocycles. The molecule has 0 aromatic heterocycles. The van der Waals surface area contributed by atoms with E-state index in [2.05, 4.69) is 5.32 Å². The molecule has 6 heteroatoms. The maximum absolute atomic E-state index is 11.8. The number of nitrogens with one attached hydrogen (secondary N) is 1. The monoisotopic (exact) mass is 313 g/mol. The van der Waals surface area contributed by atoms with Crippen molar-refractivity contribution in [1.82, 2.24) is 5.32 Å². The van der Waals surface area contributed by atoms with E-state index in [1.54, 1.807) is 6.92 Å². The number of carbonyl (C=O) groups is 2. The summed E-state index contributed by atoms with van der Waals surface area (Å²) in [4.78, 5) is 22.9. The van der Waals surface area contributed by atoms with Crippen LogP contribution in [0, 0.1) is 11.3 Å². The molecule has 3 atom stereocenters. The number of aliphatic carboxylic acids is 1. The van der Waals surface area contributed by atoms with Crippen LogP contribution in [0.3, 0.4) is 0 Å². The number of hydrogen-bond acceptors (Lipinski definition) is 5. The molecule has 2 rings (SSSR count). The highest BCUT2D eigenvalue weighted by atomic mass is 16.5. The Morgan fingerprint density at radius 1 is 1.36 bits per heavy atom. The van der Waals surface area contributed by atoms with Crippen molar-refractivity contribution in [3.63, 3.8) is 0 Å². The minimum absolute atomic E-state index is 0.317. The van der Waals surface area contributed by atoms with Crippen LogP contribution in [0.15, 0.2) is 0 Å². The van der Waals surface area contributed by atoms with Gasteiger partial charge in [-0.25, -0.2) is 0 Å². The van der Waals surface area contributed by atoms with E-state index in [0.717, 1.165) is 39.0 Å². The zero-order valence-electron chi connectivity index (χ0n) is 13.5. The molecule has 0 amide bonds. The average molecular weight is 313 g/mol. The predicted molar refractivity (Wildman–Crippen MR) is 80.5 cm³/mol. The SMILES string of the molecule is CC(=O)OC(C)[C@]1(C(=O)O)CCC(CNC2CCOCC2)C1. The molecular formula is C16H27NO5. The Morgan fingerprint density at radius 2 is 2.05 bits per heavy atom. The van der Waals surface area contributed by atoms with Gasteiger partial charge in [-0.15, -0.1) is 0 Å². The van der Waals surface area contributed by atoms with E-state index < -0.39 is 23.5 Å². The van der Waals surface area contributed by atoms with Crippen molar-refractivity contribution in [3.05, 3.63) is 0 Å². The van der Waals surface area contributed by atoms with E-state index in [1.807, 2.05) is 0 Å². The normalized spacial score (nSPS) is 30.9.